The molecule has 6 aromatic rings. The Kier molecular flexibility index (Phi) is 9.17. The van der Waals surface area contributed by atoms with Crippen molar-refractivity contribution in [3.8, 4) is 21.6 Å². The Labute approximate surface area is 292 Å². The number of thiazole rings is 1. The standard InChI is InChI=1S/C37H34N2O3S5/c1-4-25(20-35-38(5-2)30-23-28(12-14-33(30)45-35)32-10-7-18-43-32)21-36-39(17-15-24(3)47(40,41)42)31-22-27(11-13-34(31)46-36)29-9-6-8-26-16-19-44-37(26)29/h6-14,16,18-24H,4-5,15,17H2,1-3H3/p+1. The van der Waals surface area contributed by atoms with E-state index >= 15 is 0 Å². The van der Waals surface area contributed by atoms with Gasteiger partial charge < -0.3 is 4.90 Å². The Morgan fingerprint density at radius 3 is 2.60 bits per heavy atom. The SMILES string of the molecule is CCC(/C=C1\Sc2ccc(-c3cccs3)cc2N1CC)=C\c1sc2ccc(-c3cccc4ccsc34)cc2[n+]1CCC(C)S(=O)(=O)O. The van der Waals surface area contributed by atoms with Crippen LogP contribution in [0.25, 0.3) is 47.9 Å². The fourth-order valence-corrected chi connectivity index (χ4v) is 10.4. The van der Waals surface area contributed by atoms with Crippen LogP contribution in [-0.4, -0.2) is 24.8 Å². The molecule has 7 rings (SSSR count). The smallest absolute Gasteiger partial charge is 0.267 e. The summed E-state index contributed by atoms with van der Waals surface area (Å²) in [6, 6.07) is 26.2. The number of thiophene rings is 2. The van der Waals surface area contributed by atoms with E-state index in [1.54, 1.807) is 40.9 Å². The van der Waals surface area contributed by atoms with Crippen LogP contribution >= 0.6 is 45.8 Å². The molecule has 240 valence electrons. The van der Waals surface area contributed by atoms with E-state index in [2.05, 4.69) is 119 Å². The van der Waals surface area contributed by atoms with Crippen LogP contribution in [0.4, 0.5) is 5.69 Å². The number of anilines is 1. The minimum absolute atomic E-state index is 0.310. The number of allylic oxidation sites excluding steroid dienone is 2. The maximum Gasteiger partial charge on any atom is 0.267 e. The second-order valence-electron chi connectivity index (χ2n) is 11.6. The highest BCUT2D eigenvalue weighted by molar-refractivity contribution is 8.03. The van der Waals surface area contributed by atoms with E-state index in [0.717, 1.165) is 33.8 Å². The van der Waals surface area contributed by atoms with E-state index < -0.39 is 15.4 Å². The van der Waals surface area contributed by atoms with Crippen LogP contribution in [0.15, 0.2) is 105 Å². The molecule has 1 unspecified atom stereocenters. The number of rotatable bonds is 10. The first-order valence-corrected chi connectivity index (χ1v) is 20.6. The summed E-state index contributed by atoms with van der Waals surface area (Å²) in [6.45, 7) is 7.29. The lowest BCUT2D eigenvalue weighted by Gasteiger charge is -2.19. The number of fused-ring (bicyclic) bond motifs is 3. The zero-order valence-electron chi connectivity index (χ0n) is 26.3. The summed E-state index contributed by atoms with van der Waals surface area (Å²) >= 11 is 7.03. The summed E-state index contributed by atoms with van der Waals surface area (Å²) in [6.07, 6.45) is 5.71. The van der Waals surface area contributed by atoms with Crippen LogP contribution in [0.3, 0.4) is 0 Å². The summed E-state index contributed by atoms with van der Waals surface area (Å²) in [5.41, 5.74) is 7.08. The molecule has 0 saturated carbocycles. The van der Waals surface area contributed by atoms with Gasteiger partial charge in [-0.1, -0.05) is 66.4 Å². The summed E-state index contributed by atoms with van der Waals surface area (Å²) < 4.78 is 38.3. The predicted octanol–water partition coefficient (Wildman–Crippen LogP) is 10.7. The van der Waals surface area contributed by atoms with Gasteiger partial charge in [0.15, 0.2) is 6.54 Å². The maximum absolute atomic E-state index is 12.0. The fraction of sp³-hybridized carbons (Fsp3) is 0.216. The molecule has 0 fully saturated rings. The molecule has 3 aromatic heterocycles. The lowest BCUT2D eigenvalue weighted by Crippen LogP contribution is -2.37. The van der Waals surface area contributed by atoms with Gasteiger partial charge in [-0.2, -0.15) is 13.0 Å². The van der Waals surface area contributed by atoms with Crippen molar-refractivity contribution in [1.82, 2.24) is 0 Å². The van der Waals surface area contributed by atoms with Gasteiger partial charge in [-0.3, -0.25) is 4.55 Å². The Bertz CT molecular complexity index is 2260. The average molecular weight is 716 g/mol. The number of benzene rings is 3. The molecule has 0 spiro atoms. The van der Waals surface area contributed by atoms with Crippen molar-refractivity contribution < 1.29 is 17.5 Å². The minimum Gasteiger partial charge on any atom is -0.335 e. The number of nitrogens with zero attached hydrogens (tertiary/aromatic N) is 2. The van der Waals surface area contributed by atoms with Gasteiger partial charge in [0, 0.05) is 39.6 Å². The number of hydrogen-bond acceptors (Lipinski definition) is 7. The minimum atomic E-state index is -4.13. The van der Waals surface area contributed by atoms with E-state index in [0.29, 0.717) is 13.0 Å². The highest BCUT2D eigenvalue weighted by Crippen LogP contribution is 2.48. The van der Waals surface area contributed by atoms with Crippen molar-refractivity contribution >= 4 is 88.0 Å². The van der Waals surface area contributed by atoms with Gasteiger partial charge >= 0.3 is 0 Å². The molecule has 1 atom stereocenters. The van der Waals surface area contributed by atoms with Gasteiger partial charge in [0.25, 0.3) is 15.1 Å². The molecular formula is C37H35N2O3S5+. The molecule has 0 saturated heterocycles. The quantitative estimate of drug-likeness (QED) is 0.113. The van der Waals surface area contributed by atoms with Crippen LogP contribution in [0, 0.1) is 0 Å². The lowest BCUT2D eigenvalue weighted by atomic mass is 10.0. The zero-order chi connectivity index (χ0) is 32.7. The van der Waals surface area contributed by atoms with Gasteiger partial charge in [-0.25, -0.2) is 0 Å². The molecule has 1 N–H and O–H groups in total. The fourth-order valence-electron chi connectivity index (χ4n) is 5.98. The van der Waals surface area contributed by atoms with E-state index in [1.807, 2.05) is 11.8 Å². The largest absolute Gasteiger partial charge is 0.335 e. The second kappa shape index (κ2) is 13.3. The van der Waals surface area contributed by atoms with Gasteiger partial charge in [0.2, 0.25) is 5.52 Å². The van der Waals surface area contributed by atoms with E-state index in [4.69, 9.17) is 0 Å². The highest BCUT2D eigenvalue weighted by Gasteiger charge is 2.27. The molecule has 0 amide bonds. The van der Waals surface area contributed by atoms with E-state index in [1.165, 1.54) is 47.3 Å². The summed E-state index contributed by atoms with van der Waals surface area (Å²) in [5, 5.41) is 6.88. The molecule has 1 aliphatic heterocycles. The molecule has 4 heterocycles. The molecule has 0 bridgehead atoms. The molecular weight excluding hydrogens is 681 g/mol. The summed E-state index contributed by atoms with van der Waals surface area (Å²) in [7, 11) is -4.13. The zero-order valence-corrected chi connectivity index (χ0v) is 30.4. The van der Waals surface area contributed by atoms with E-state index in [-0.39, 0.29) is 0 Å². The number of thioether (sulfide) groups is 1. The number of hydrogen-bond donors (Lipinski definition) is 1. The van der Waals surface area contributed by atoms with Gasteiger partial charge in [-0.15, -0.1) is 22.7 Å². The maximum atomic E-state index is 12.0. The van der Waals surface area contributed by atoms with Gasteiger partial charge in [0.05, 0.1) is 16.0 Å². The first-order chi connectivity index (χ1) is 22.7. The topological polar surface area (TPSA) is 61.5 Å². The molecule has 0 radical (unpaired) electrons. The van der Waals surface area contributed by atoms with Crippen LogP contribution in [0.5, 0.6) is 0 Å². The predicted molar refractivity (Wildman–Crippen MR) is 203 cm³/mol. The van der Waals surface area contributed by atoms with Crippen molar-refractivity contribution in [2.75, 3.05) is 11.4 Å². The van der Waals surface area contributed by atoms with Crippen LogP contribution in [-0.2, 0) is 16.7 Å². The Morgan fingerprint density at radius 1 is 0.979 bits per heavy atom. The summed E-state index contributed by atoms with van der Waals surface area (Å²) in [5.74, 6) is 0. The molecule has 1 aliphatic rings. The molecule has 47 heavy (non-hydrogen) atoms. The molecule has 5 nitrogen and oxygen atoms in total. The van der Waals surface area contributed by atoms with Gasteiger partial charge in [-0.05, 0) is 95.1 Å². The Balaban J connectivity index is 1.29. The molecule has 10 heteroatoms. The number of aromatic nitrogens is 1. The lowest BCUT2D eigenvalue weighted by molar-refractivity contribution is -0.669. The van der Waals surface area contributed by atoms with Crippen molar-refractivity contribution in [1.29, 1.82) is 0 Å². The third-order valence-corrected chi connectivity index (χ3v) is 14.0. The normalized spacial score (nSPS) is 15.3. The molecule has 3 aromatic carbocycles. The highest BCUT2D eigenvalue weighted by atomic mass is 32.2. The molecule has 0 aliphatic carbocycles. The first kappa shape index (κ1) is 32.3. The number of aryl methyl sites for hydroxylation is 1. The van der Waals surface area contributed by atoms with Crippen LogP contribution < -0.4 is 9.47 Å². The van der Waals surface area contributed by atoms with Crippen molar-refractivity contribution in [2.24, 2.45) is 0 Å². The van der Waals surface area contributed by atoms with Crippen molar-refractivity contribution in [3.63, 3.8) is 0 Å². The Hall–Kier alpha value is -3.25. The average Bonchev–Trinajstić information content (AvgIpc) is 3.87. The van der Waals surface area contributed by atoms with Crippen molar-refractivity contribution in [2.45, 2.75) is 50.3 Å². The summed E-state index contributed by atoms with van der Waals surface area (Å²) in [4.78, 5) is 4.93. The van der Waals surface area contributed by atoms with Gasteiger partial charge in [0.1, 0.15) is 4.70 Å². The third kappa shape index (κ3) is 6.47. The monoisotopic (exact) mass is 715 g/mol. The van der Waals surface area contributed by atoms with E-state index in [9.17, 15) is 13.0 Å². The van der Waals surface area contributed by atoms with Crippen LogP contribution in [0.1, 0.15) is 38.6 Å². The van der Waals surface area contributed by atoms with Crippen molar-refractivity contribution in [3.05, 3.63) is 105 Å². The third-order valence-electron chi connectivity index (χ3n) is 8.67. The van der Waals surface area contributed by atoms with Crippen LogP contribution in [0.2, 0.25) is 0 Å². The Morgan fingerprint density at radius 2 is 1.83 bits per heavy atom. The first-order valence-electron chi connectivity index (χ1n) is 15.7. The second-order valence-corrected chi connectivity index (χ2v) is 17.4.